The van der Waals surface area contributed by atoms with Gasteiger partial charge in [-0.25, -0.2) is 4.79 Å². The number of nitrogens with two attached hydrogens (primary N) is 1. The third kappa shape index (κ3) is 3.19. The molecule has 0 heterocycles. The SMILES string of the molecule is CC(C)(C)C(NC(=O)C(C)(N)C1CC1)C(=O)O. The van der Waals surface area contributed by atoms with Gasteiger partial charge in [0.1, 0.15) is 6.04 Å². The Labute approximate surface area is 102 Å². The minimum Gasteiger partial charge on any atom is -0.480 e. The van der Waals surface area contributed by atoms with E-state index in [2.05, 4.69) is 5.32 Å². The second-order valence-electron chi connectivity index (χ2n) is 6.17. The van der Waals surface area contributed by atoms with E-state index >= 15 is 0 Å². The van der Waals surface area contributed by atoms with Gasteiger partial charge < -0.3 is 16.2 Å². The highest BCUT2D eigenvalue weighted by atomic mass is 16.4. The van der Waals surface area contributed by atoms with Crippen LogP contribution in [0.2, 0.25) is 0 Å². The van der Waals surface area contributed by atoms with Crippen LogP contribution in [0.25, 0.3) is 0 Å². The minimum atomic E-state index is -1.03. The monoisotopic (exact) mass is 242 g/mol. The van der Waals surface area contributed by atoms with Crippen molar-refractivity contribution in [3.05, 3.63) is 0 Å². The fraction of sp³-hybridized carbons (Fsp3) is 0.833. The van der Waals surface area contributed by atoms with Gasteiger partial charge in [0.2, 0.25) is 5.91 Å². The molecule has 98 valence electrons. The molecule has 1 amide bonds. The second kappa shape index (κ2) is 4.29. The molecule has 4 N–H and O–H groups in total. The Morgan fingerprint density at radius 1 is 1.29 bits per heavy atom. The van der Waals surface area contributed by atoms with E-state index in [4.69, 9.17) is 10.8 Å². The molecule has 1 saturated carbocycles. The van der Waals surface area contributed by atoms with Crippen LogP contribution in [-0.2, 0) is 9.59 Å². The third-order valence-corrected chi connectivity index (χ3v) is 3.30. The number of carbonyl (C=O) groups is 2. The number of hydrogen-bond acceptors (Lipinski definition) is 3. The van der Waals surface area contributed by atoms with Crippen molar-refractivity contribution in [2.24, 2.45) is 17.1 Å². The van der Waals surface area contributed by atoms with Crippen LogP contribution in [0, 0.1) is 11.3 Å². The van der Waals surface area contributed by atoms with E-state index in [0.717, 1.165) is 12.8 Å². The summed E-state index contributed by atoms with van der Waals surface area (Å²) in [5, 5.41) is 11.7. The van der Waals surface area contributed by atoms with Gasteiger partial charge in [0.15, 0.2) is 0 Å². The maximum absolute atomic E-state index is 12.0. The first-order valence-electron chi connectivity index (χ1n) is 5.89. The molecule has 0 aromatic rings. The first kappa shape index (κ1) is 14.0. The molecule has 1 rings (SSSR count). The molecule has 0 aliphatic heterocycles. The maximum atomic E-state index is 12.0. The molecule has 5 nitrogen and oxygen atoms in total. The zero-order valence-corrected chi connectivity index (χ0v) is 10.9. The van der Waals surface area contributed by atoms with Gasteiger partial charge in [-0.05, 0) is 31.1 Å². The summed E-state index contributed by atoms with van der Waals surface area (Å²) >= 11 is 0. The van der Waals surface area contributed by atoms with E-state index in [1.54, 1.807) is 27.7 Å². The summed E-state index contributed by atoms with van der Waals surface area (Å²) in [6.07, 6.45) is 1.88. The number of hydrogen-bond donors (Lipinski definition) is 3. The molecule has 2 atom stereocenters. The minimum absolute atomic E-state index is 0.178. The quantitative estimate of drug-likeness (QED) is 0.677. The lowest BCUT2D eigenvalue weighted by Crippen LogP contribution is -2.59. The van der Waals surface area contributed by atoms with Gasteiger partial charge >= 0.3 is 5.97 Å². The fourth-order valence-corrected chi connectivity index (χ4v) is 1.80. The standard InChI is InChI=1S/C12H22N2O3/c1-11(2,3)8(9(15)16)14-10(17)12(4,13)7-5-6-7/h7-8H,5-6,13H2,1-4H3,(H,14,17)(H,15,16). The van der Waals surface area contributed by atoms with Crippen LogP contribution >= 0.6 is 0 Å². The topological polar surface area (TPSA) is 92.4 Å². The van der Waals surface area contributed by atoms with Gasteiger partial charge in [-0.2, -0.15) is 0 Å². The lowest BCUT2D eigenvalue weighted by atomic mass is 9.85. The lowest BCUT2D eigenvalue weighted by Gasteiger charge is -2.31. The molecule has 0 aromatic heterocycles. The van der Waals surface area contributed by atoms with Crippen molar-refractivity contribution in [3.8, 4) is 0 Å². The highest BCUT2D eigenvalue weighted by Crippen LogP contribution is 2.38. The summed E-state index contributed by atoms with van der Waals surface area (Å²) in [6.45, 7) is 6.99. The molecule has 1 aliphatic rings. The summed E-state index contributed by atoms with van der Waals surface area (Å²) in [4.78, 5) is 23.1. The van der Waals surface area contributed by atoms with Gasteiger partial charge in [-0.15, -0.1) is 0 Å². The molecule has 0 bridgehead atoms. The van der Waals surface area contributed by atoms with E-state index < -0.39 is 23.0 Å². The number of rotatable bonds is 4. The van der Waals surface area contributed by atoms with Crippen LogP contribution < -0.4 is 11.1 Å². The van der Waals surface area contributed by atoms with Gasteiger partial charge in [-0.1, -0.05) is 20.8 Å². The van der Waals surface area contributed by atoms with Gasteiger partial charge in [0.25, 0.3) is 0 Å². The van der Waals surface area contributed by atoms with Crippen LogP contribution in [0.15, 0.2) is 0 Å². The van der Waals surface area contributed by atoms with E-state index in [1.165, 1.54) is 0 Å². The average molecular weight is 242 g/mol. The molecule has 0 aromatic carbocycles. The van der Waals surface area contributed by atoms with Gasteiger partial charge in [0.05, 0.1) is 5.54 Å². The third-order valence-electron chi connectivity index (χ3n) is 3.30. The van der Waals surface area contributed by atoms with Crippen molar-refractivity contribution in [1.29, 1.82) is 0 Å². The van der Waals surface area contributed by atoms with E-state index in [9.17, 15) is 9.59 Å². The molecule has 0 radical (unpaired) electrons. The molecule has 17 heavy (non-hydrogen) atoms. The Morgan fingerprint density at radius 3 is 2.06 bits per heavy atom. The highest BCUT2D eigenvalue weighted by molar-refractivity contribution is 5.90. The van der Waals surface area contributed by atoms with Gasteiger partial charge in [-0.3, -0.25) is 4.79 Å². The maximum Gasteiger partial charge on any atom is 0.326 e. The predicted octanol–water partition coefficient (Wildman–Crippen LogP) is 0.729. The molecule has 1 fully saturated rings. The summed E-state index contributed by atoms with van der Waals surface area (Å²) in [5.74, 6) is -1.23. The zero-order valence-electron chi connectivity index (χ0n) is 10.9. The largest absolute Gasteiger partial charge is 0.480 e. The first-order chi connectivity index (χ1) is 7.56. The van der Waals surface area contributed by atoms with Crippen LogP contribution in [0.1, 0.15) is 40.5 Å². The van der Waals surface area contributed by atoms with E-state index in [-0.39, 0.29) is 11.8 Å². The number of carbonyl (C=O) groups excluding carboxylic acids is 1. The van der Waals surface area contributed by atoms with Crippen LogP contribution in [0.4, 0.5) is 0 Å². The van der Waals surface area contributed by atoms with Crippen molar-refractivity contribution in [1.82, 2.24) is 5.32 Å². The normalized spacial score (nSPS) is 21.5. The van der Waals surface area contributed by atoms with Crippen LogP contribution in [0.3, 0.4) is 0 Å². The van der Waals surface area contributed by atoms with Crippen molar-refractivity contribution in [3.63, 3.8) is 0 Å². The van der Waals surface area contributed by atoms with E-state index in [1.807, 2.05) is 0 Å². The van der Waals surface area contributed by atoms with Crippen LogP contribution in [-0.4, -0.2) is 28.6 Å². The fourth-order valence-electron chi connectivity index (χ4n) is 1.80. The Kier molecular flexibility index (Phi) is 3.52. The molecular weight excluding hydrogens is 220 g/mol. The van der Waals surface area contributed by atoms with E-state index in [0.29, 0.717) is 0 Å². The second-order valence-corrected chi connectivity index (χ2v) is 6.17. The highest BCUT2D eigenvalue weighted by Gasteiger charge is 2.46. The first-order valence-corrected chi connectivity index (χ1v) is 5.89. The predicted molar refractivity (Wildman–Crippen MR) is 64.3 cm³/mol. The smallest absolute Gasteiger partial charge is 0.326 e. The summed E-state index contributed by atoms with van der Waals surface area (Å²) in [5.41, 5.74) is 4.45. The van der Waals surface area contributed by atoms with Crippen LogP contribution in [0.5, 0.6) is 0 Å². The molecule has 5 heteroatoms. The average Bonchev–Trinajstić information content (AvgIpc) is 2.93. The molecular formula is C12H22N2O3. The zero-order chi connectivity index (χ0) is 13.4. The summed E-state index contributed by atoms with van der Waals surface area (Å²) < 4.78 is 0. The number of carboxylic acid groups (broad SMARTS) is 1. The molecule has 0 spiro atoms. The summed E-state index contributed by atoms with van der Waals surface area (Å²) in [6, 6.07) is -0.920. The number of amides is 1. The summed E-state index contributed by atoms with van der Waals surface area (Å²) in [7, 11) is 0. The van der Waals surface area contributed by atoms with Crippen molar-refractivity contribution < 1.29 is 14.7 Å². The molecule has 1 aliphatic carbocycles. The van der Waals surface area contributed by atoms with Crippen molar-refractivity contribution >= 4 is 11.9 Å². The van der Waals surface area contributed by atoms with Crippen molar-refractivity contribution in [2.75, 3.05) is 0 Å². The lowest BCUT2D eigenvalue weighted by molar-refractivity contribution is -0.145. The number of nitrogens with one attached hydrogen (secondary N) is 1. The Morgan fingerprint density at radius 2 is 1.76 bits per heavy atom. The molecule has 0 saturated heterocycles. The van der Waals surface area contributed by atoms with Crippen molar-refractivity contribution in [2.45, 2.75) is 52.1 Å². The number of carboxylic acids is 1. The molecule has 2 unspecified atom stereocenters. The van der Waals surface area contributed by atoms with Gasteiger partial charge in [0, 0.05) is 0 Å². The number of aliphatic carboxylic acids is 1. The Balaban J connectivity index is 2.74. The Hall–Kier alpha value is -1.10. The Bertz CT molecular complexity index is 327.